The van der Waals surface area contributed by atoms with Crippen LogP contribution in [0, 0.1) is 0 Å². The van der Waals surface area contributed by atoms with E-state index >= 15 is 0 Å². The van der Waals surface area contributed by atoms with Crippen LogP contribution in [0.25, 0.3) is 21.8 Å². The number of hydrogen-bond donors (Lipinski definition) is 1. The minimum Gasteiger partial charge on any atom is -0.352 e. The van der Waals surface area contributed by atoms with E-state index in [1.54, 1.807) is 17.8 Å². The molecule has 0 aliphatic heterocycles. The molecule has 0 spiro atoms. The molecule has 0 saturated heterocycles. The maximum absolute atomic E-state index is 12.8. The highest BCUT2D eigenvalue weighted by molar-refractivity contribution is 6.07. The molecule has 1 N–H and O–H groups in total. The van der Waals surface area contributed by atoms with Gasteiger partial charge in [-0.05, 0) is 31.4 Å². The van der Waals surface area contributed by atoms with E-state index in [2.05, 4.69) is 22.5 Å². The van der Waals surface area contributed by atoms with Crippen LogP contribution in [-0.4, -0.2) is 26.3 Å². The van der Waals surface area contributed by atoms with Crippen molar-refractivity contribution < 1.29 is 4.79 Å². The number of fused-ring (bicyclic) bond motifs is 3. The highest BCUT2D eigenvalue weighted by Crippen LogP contribution is 2.26. The smallest absolute Gasteiger partial charge is 0.291 e. The normalized spacial score (nSPS) is 12.3. The van der Waals surface area contributed by atoms with Crippen LogP contribution in [0.1, 0.15) is 18.9 Å². The number of nitrogens with zero attached hydrogens (tertiary/aromatic N) is 3. The predicted molar refractivity (Wildman–Crippen MR) is 115 cm³/mol. The number of hydrogen-bond acceptors (Lipinski definition) is 3. The highest BCUT2D eigenvalue weighted by atomic mass is 16.2. The number of nitrogens with one attached hydrogen (secondary N) is 1. The van der Waals surface area contributed by atoms with Gasteiger partial charge < -0.3 is 9.88 Å². The maximum atomic E-state index is 12.8. The summed E-state index contributed by atoms with van der Waals surface area (Å²) < 4.78 is 3.10. The topological polar surface area (TPSA) is 68.9 Å². The summed E-state index contributed by atoms with van der Waals surface area (Å²) in [5, 5.41) is 8.91. The number of aryl methyl sites for hydroxylation is 2. The number of para-hydroxylation sites is 1. The van der Waals surface area contributed by atoms with Crippen molar-refractivity contribution >= 4 is 27.7 Å². The van der Waals surface area contributed by atoms with Gasteiger partial charge >= 0.3 is 0 Å². The average Bonchev–Trinajstić information content (AvgIpc) is 3.04. The molecule has 4 rings (SSSR count). The van der Waals surface area contributed by atoms with Crippen LogP contribution in [0.15, 0.2) is 65.6 Å². The van der Waals surface area contributed by atoms with Crippen LogP contribution >= 0.6 is 0 Å². The van der Waals surface area contributed by atoms with Crippen LogP contribution in [0.5, 0.6) is 0 Å². The molecule has 0 aliphatic carbocycles. The zero-order valence-corrected chi connectivity index (χ0v) is 16.6. The molecule has 2 aromatic heterocycles. The van der Waals surface area contributed by atoms with E-state index in [1.165, 1.54) is 10.2 Å². The summed E-state index contributed by atoms with van der Waals surface area (Å²) in [4.78, 5) is 25.5. The van der Waals surface area contributed by atoms with Gasteiger partial charge in [-0.15, -0.1) is 0 Å². The molecule has 6 heteroatoms. The van der Waals surface area contributed by atoms with Crippen molar-refractivity contribution in [2.75, 3.05) is 0 Å². The van der Waals surface area contributed by atoms with E-state index in [0.29, 0.717) is 5.52 Å². The second-order valence-corrected chi connectivity index (χ2v) is 7.43. The number of aromatic nitrogens is 3. The Morgan fingerprint density at radius 2 is 1.79 bits per heavy atom. The molecule has 6 nitrogen and oxygen atoms in total. The Labute approximate surface area is 168 Å². The quantitative estimate of drug-likeness (QED) is 0.552. The highest BCUT2D eigenvalue weighted by Gasteiger charge is 2.17. The number of carbonyl (C=O) groups is 1. The fraction of sp³-hybridized carbons (Fsp3) is 0.261. The van der Waals surface area contributed by atoms with Crippen molar-refractivity contribution in [2.45, 2.75) is 32.4 Å². The molecule has 0 fully saturated rings. The first-order valence-corrected chi connectivity index (χ1v) is 9.81. The Hall–Kier alpha value is -3.41. The third kappa shape index (κ3) is 3.78. The Morgan fingerprint density at radius 3 is 2.59 bits per heavy atom. The van der Waals surface area contributed by atoms with Crippen molar-refractivity contribution in [3.8, 4) is 0 Å². The van der Waals surface area contributed by atoms with E-state index in [4.69, 9.17) is 0 Å². The minimum atomic E-state index is -0.205. The lowest BCUT2D eigenvalue weighted by Gasteiger charge is -2.15. The molecule has 0 saturated carbocycles. The van der Waals surface area contributed by atoms with Gasteiger partial charge in [-0.1, -0.05) is 48.5 Å². The Bertz CT molecular complexity index is 1220. The van der Waals surface area contributed by atoms with Gasteiger partial charge in [0.2, 0.25) is 5.91 Å². The standard InChI is InChI=1S/C23H24N4O2/c1-16(12-13-17-8-4-3-5-9-17)25-21(28)15-27-20-11-7-6-10-18(20)19-14-24-26(2)23(29)22(19)27/h3-11,14,16H,12-13,15H2,1-2H3,(H,25,28)/t16-/m1/s1. The third-order valence-electron chi connectivity index (χ3n) is 5.28. The van der Waals surface area contributed by atoms with Crippen molar-refractivity contribution in [1.82, 2.24) is 19.7 Å². The molecule has 1 atom stereocenters. The van der Waals surface area contributed by atoms with Gasteiger partial charge in [0.25, 0.3) is 5.56 Å². The molecule has 0 radical (unpaired) electrons. The molecule has 0 unspecified atom stereocenters. The van der Waals surface area contributed by atoms with E-state index in [-0.39, 0.29) is 24.1 Å². The van der Waals surface area contributed by atoms with Crippen LogP contribution in [0.4, 0.5) is 0 Å². The summed E-state index contributed by atoms with van der Waals surface area (Å²) in [5.74, 6) is -0.105. The molecule has 148 valence electrons. The summed E-state index contributed by atoms with van der Waals surface area (Å²) in [5.41, 5.74) is 2.42. The zero-order chi connectivity index (χ0) is 20.4. The van der Waals surface area contributed by atoms with Gasteiger partial charge in [0.1, 0.15) is 12.1 Å². The van der Waals surface area contributed by atoms with E-state index < -0.39 is 0 Å². The average molecular weight is 388 g/mol. The van der Waals surface area contributed by atoms with E-state index in [9.17, 15) is 9.59 Å². The van der Waals surface area contributed by atoms with E-state index in [0.717, 1.165) is 29.1 Å². The van der Waals surface area contributed by atoms with Crippen LogP contribution in [0.3, 0.4) is 0 Å². The summed E-state index contributed by atoms with van der Waals surface area (Å²) in [6.07, 6.45) is 3.45. The molecule has 2 aromatic carbocycles. The minimum absolute atomic E-state index is 0.0419. The summed E-state index contributed by atoms with van der Waals surface area (Å²) >= 11 is 0. The van der Waals surface area contributed by atoms with Crippen LogP contribution < -0.4 is 10.9 Å². The molecular weight excluding hydrogens is 364 g/mol. The van der Waals surface area contributed by atoms with Crippen molar-refractivity contribution in [3.05, 3.63) is 76.7 Å². The van der Waals surface area contributed by atoms with Gasteiger partial charge in [0, 0.05) is 29.4 Å². The summed E-state index contributed by atoms with van der Waals surface area (Å²) in [6.45, 7) is 2.11. The molecule has 4 aromatic rings. The lowest BCUT2D eigenvalue weighted by molar-refractivity contribution is -0.122. The number of rotatable bonds is 6. The van der Waals surface area contributed by atoms with Crippen LogP contribution in [-0.2, 0) is 24.8 Å². The number of amides is 1. The first-order chi connectivity index (χ1) is 14.0. The monoisotopic (exact) mass is 388 g/mol. The summed E-state index contributed by atoms with van der Waals surface area (Å²) in [6, 6.07) is 18.0. The zero-order valence-electron chi connectivity index (χ0n) is 16.6. The Kier molecular flexibility index (Phi) is 5.16. The fourth-order valence-corrected chi connectivity index (χ4v) is 3.77. The molecular formula is C23H24N4O2. The Balaban J connectivity index is 1.56. The van der Waals surface area contributed by atoms with Gasteiger partial charge in [-0.3, -0.25) is 9.59 Å². The fourth-order valence-electron chi connectivity index (χ4n) is 3.77. The second kappa shape index (κ2) is 7.91. The molecule has 1 amide bonds. The maximum Gasteiger partial charge on any atom is 0.291 e. The van der Waals surface area contributed by atoms with Crippen molar-refractivity contribution in [3.63, 3.8) is 0 Å². The van der Waals surface area contributed by atoms with Gasteiger partial charge in [0.15, 0.2) is 0 Å². The molecule has 0 bridgehead atoms. The molecule has 29 heavy (non-hydrogen) atoms. The van der Waals surface area contributed by atoms with Gasteiger partial charge in [0.05, 0.1) is 6.20 Å². The molecule has 2 heterocycles. The van der Waals surface area contributed by atoms with Crippen LogP contribution in [0.2, 0.25) is 0 Å². The molecule has 0 aliphatic rings. The second-order valence-electron chi connectivity index (χ2n) is 7.43. The largest absolute Gasteiger partial charge is 0.352 e. The Morgan fingerprint density at radius 1 is 1.07 bits per heavy atom. The first-order valence-electron chi connectivity index (χ1n) is 9.81. The SMILES string of the molecule is C[C@H](CCc1ccccc1)NC(=O)Cn1c2ccccc2c2cnn(C)c(=O)c21. The van der Waals surface area contributed by atoms with Crippen molar-refractivity contribution in [2.24, 2.45) is 7.05 Å². The third-order valence-corrected chi connectivity index (χ3v) is 5.28. The van der Waals surface area contributed by atoms with E-state index in [1.807, 2.05) is 49.4 Å². The lowest BCUT2D eigenvalue weighted by Crippen LogP contribution is -2.36. The van der Waals surface area contributed by atoms with Crippen molar-refractivity contribution in [1.29, 1.82) is 0 Å². The first kappa shape index (κ1) is 18.9. The number of carbonyl (C=O) groups excluding carboxylic acids is 1. The van der Waals surface area contributed by atoms with Gasteiger partial charge in [-0.2, -0.15) is 5.10 Å². The lowest BCUT2D eigenvalue weighted by atomic mass is 10.1. The predicted octanol–water partition coefficient (Wildman–Crippen LogP) is 3.03. The number of benzene rings is 2. The van der Waals surface area contributed by atoms with Gasteiger partial charge in [-0.25, -0.2) is 4.68 Å². The summed E-state index contributed by atoms with van der Waals surface area (Å²) in [7, 11) is 1.62.